The Labute approximate surface area is 306 Å². The fraction of sp³-hybridized carbons (Fsp3) is 0.326. The number of rotatable bonds is 14. The van der Waals surface area contributed by atoms with Crippen LogP contribution in [0.2, 0.25) is 0 Å². The normalized spacial score (nSPS) is 12.5. The van der Waals surface area contributed by atoms with Crippen molar-refractivity contribution in [3.05, 3.63) is 132 Å². The smallest absolute Gasteiger partial charge is 0.337 e. The van der Waals surface area contributed by atoms with E-state index in [0.717, 1.165) is 11.1 Å². The molecule has 0 aliphatic rings. The zero-order chi connectivity index (χ0) is 38.8. The average molecular weight is 717 g/mol. The lowest BCUT2D eigenvalue weighted by molar-refractivity contribution is 0.0305. The fourth-order valence-electron chi connectivity index (χ4n) is 6.00. The quantitative estimate of drug-likeness (QED) is 0.103. The molecule has 0 fully saturated rings. The van der Waals surface area contributed by atoms with E-state index < -0.39 is 23.3 Å². The van der Waals surface area contributed by atoms with Gasteiger partial charge >= 0.3 is 5.97 Å². The standard InChI is InChI=1S/C22H25FO4.C21H25FO3/c1-7-22(2,3)20(26-5)18-12-14(21(24)27-6)8-10-16(18)17-13-15(25-4)9-11-19(17)23;1-6-21(2,3)20(25-5)18-11-14(13-23)7-9-16(18)17-12-15(24-4)8-10-19(17)22/h7-13,20H,1H2,2-6H3;6-12,20,23H,1,13H2,2-5H3. The number of methoxy groups -OCH3 is 5. The third kappa shape index (κ3) is 9.33. The molecule has 0 aliphatic heterocycles. The highest BCUT2D eigenvalue weighted by Gasteiger charge is 2.32. The van der Waals surface area contributed by atoms with Gasteiger partial charge in [0.05, 0.1) is 45.7 Å². The van der Waals surface area contributed by atoms with E-state index in [-0.39, 0.29) is 23.9 Å². The van der Waals surface area contributed by atoms with Crippen molar-refractivity contribution in [3.63, 3.8) is 0 Å². The summed E-state index contributed by atoms with van der Waals surface area (Å²) in [6.07, 6.45) is 2.79. The number of ether oxygens (including phenoxy) is 5. The predicted molar refractivity (Wildman–Crippen MR) is 201 cm³/mol. The molecule has 0 aromatic heterocycles. The minimum absolute atomic E-state index is 0.0984. The molecule has 0 heterocycles. The zero-order valence-corrected chi connectivity index (χ0v) is 31.5. The SMILES string of the molecule is C=CC(C)(C)C(OC)c1cc(C(=O)OC)ccc1-c1cc(OC)ccc1F.C=CC(C)(C)C(OC)c1cc(CO)ccc1-c1cc(OC)ccc1F. The van der Waals surface area contributed by atoms with Gasteiger partial charge in [0.25, 0.3) is 0 Å². The average Bonchev–Trinajstić information content (AvgIpc) is 3.15. The molecule has 278 valence electrons. The summed E-state index contributed by atoms with van der Waals surface area (Å²) in [4.78, 5) is 12.0. The summed E-state index contributed by atoms with van der Waals surface area (Å²) in [7, 11) is 7.58. The van der Waals surface area contributed by atoms with Gasteiger partial charge in [-0.15, -0.1) is 13.2 Å². The van der Waals surface area contributed by atoms with Crippen molar-refractivity contribution in [3.8, 4) is 33.8 Å². The van der Waals surface area contributed by atoms with Crippen molar-refractivity contribution >= 4 is 5.97 Å². The molecular formula is C43H50F2O7. The monoisotopic (exact) mass is 716 g/mol. The molecule has 0 radical (unpaired) electrons. The van der Waals surface area contributed by atoms with Crippen LogP contribution >= 0.6 is 0 Å². The van der Waals surface area contributed by atoms with E-state index in [1.807, 2.05) is 45.9 Å². The third-order valence-electron chi connectivity index (χ3n) is 9.14. The molecule has 0 spiro atoms. The van der Waals surface area contributed by atoms with Gasteiger partial charge in [-0.1, -0.05) is 64.1 Å². The van der Waals surface area contributed by atoms with Crippen molar-refractivity contribution in [2.24, 2.45) is 10.8 Å². The molecule has 0 aliphatic carbocycles. The van der Waals surface area contributed by atoms with Crippen molar-refractivity contribution in [2.75, 3.05) is 35.5 Å². The summed E-state index contributed by atoms with van der Waals surface area (Å²) in [6, 6.07) is 19.6. The topological polar surface area (TPSA) is 83.5 Å². The number of aliphatic hydroxyl groups excluding tert-OH is 1. The first-order valence-corrected chi connectivity index (χ1v) is 16.6. The first-order valence-electron chi connectivity index (χ1n) is 16.6. The van der Waals surface area contributed by atoms with Crippen LogP contribution in [0.3, 0.4) is 0 Å². The number of aliphatic hydroxyl groups is 1. The van der Waals surface area contributed by atoms with Crippen LogP contribution in [0, 0.1) is 22.5 Å². The van der Waals surface area contributed by atoms with E-state index in [2.05, 4.69) is 13.2 Å². The highest BCUT2D eigenvalue weighted by molar-refractivity contribution is 5.90. The fourth-order valence-corrected chi connectivity index (χ4v) is 6.00. The Morgan fingerprint density at radius 1 is 0.673 bits per heavy atom. The molecule has 4 aromatic rings. The van der Waals surface area contributed by atoms with E-state index >= 15 is 0 Å². The molecule has 9 heteroatoms. The summed E-state index contributed by atoms with van der Waals surface area (Å²) in [6.45, 7) is 15.6. The van der Waals surface area contributed by atoms with Gasteiger partial charge in [0.1, 0.15) is 23.1 Å². The third-order valence-corrected chi connectivity index (χ3v) is 9.14. The number of hydrogen-bond donors (Lipinski definition) is 1. The lowest BCUT2D eigenvalue weighted by Crippen LogP contribution is -2.22. The number of carbonyl (C=O) groups excluding carboxylic acids is 1. The first kappa shape index (κ1) is 41.6. The maximum atomic E-state index is 14.6. The van der Waals surface area contributed by atoms with Crippen LogP contribution in [0.4, 0.5) is 8.78 Å². The van der Waals surface area contributed by atoms with Gasteiger partial charge in [0.2, 0.25) is 0 Å². The predicted octanol–water partition coefficient (Wildman–Crippen LogP) is 10.1. The summed E-state index contributed by atoms with van der Waals surface area (Å²) in [5, 5.41) is 9.52. The van der Waals surface area contributed by atoms with E-state index in [1.54, 1.807) is 75.9 Å². The molecule has 0 amide bonds. The molecule has 0 saturated carbocycles. The Balaban J connectivity index is 0.000000281. The molecule has 0 saturated heterocycles. The van der Waals surface area contributed by atoms with Crippen LogP contribution in [0.1, 0.15) is 67.0 Å². The Hall–Kier alpha value is -4.83. The molecular weight excluding hydrogens is 666 g/mol. The number of halogens is 2. The Kier molecular flexibility index (Phi) is 14.5. The van der Waals surface area contributed by atoms with Gasteiger partial charge in [0, 0.05) is 36.2 Å². The second kappa shape index (κ2) is 18.1. The summed E-state index contributed by atoms with van der Waals surface area (Å²) in [5.41, 5.74) is 3.83. The Morgan fingerprint density at radius 2 is 1.12 bits per heavy atom. The summed E-state index contributed by atoms with van der Waals surface area (Å²) in [5.74, 6) is -0.101. The van der Waals surface area contributed by atoms with Gasteiger partial charge in [-0.2, -0.15) is 0 Å². The summed E-state index contributed by atoms with van der Waals surface area (Å²) >= 11 is 0. The minimum Gasteiger partial charge on any atom is -0.497 e. The van der Waals surface area contributed by atoms with Crippen molar-refractivity contribution < 1.29 is 42.4 Å². The highest BCUT2D eigenvalue weighted by atomic mass is 19.1. The van der Waals surface area contributed by atoms with Crippen LogP contribution in [0.15, 0.2) is 98.1 Å². The number of benzene rings is 4. The second-order valence-corrected chi connectivity index (χ2v) is 13.3. The largest absolute Gasteiger partial charge is 0.497 e. The second-order valence-electron chi connectivity index (χ2n) is 13.3. The molecule has 4 aromatic carbocycles. The molecule has 7 nitrogen and oxygen atoms in total. The highest BCUT2D eigenvalue weighted by Crippen LogP contribution is 2.44. The molecule has 52 heavy (non-hydrogen) atoms. The Morgan fingerprint density at radius 3 is 1.50 bits per heavy atom. The molecule has 0 bridgehead atoms. The zero-order valence-electron chi connectivity index (χ0n) is 31.5. The first-order chi connectivity index (χ1) is 24.7. The van der Waals surface area contributed by atoms with E-state index in [4.69, 9.17) is 23.7 Å². The van der Waals surface area contributed by atoms with Gasteiger partial charge in [-0.3, -0.25) is 0 Å². The van der Waals surface area contributed by atoms with E-state index in [0.29, 0.717) is 44.9 Å². The molecule has 2 unspecified atom stereocenters. The van der Waals surface area contributed by atoms with Gasteiger partial charge < -0.3 is 28.8 Å². The Bertz CT molecular complexity index is 1860. The van der Waals surface area contributed by atoms with Crippen LogP contribution in [0.5, 0.6) is 11.5 Å². The van der Waals surface area contributed by atoms with Crippen molar-refractivity contribution in [1.82, 2.24) is 0 Å². The van der Waals surface area contributed by atoms with Crippen LogP contribution in [0.25, 0.3) is 22.3 Å². The van der Waals surface area contributed by atoms with Crippen LogP contribution < -0.4 is 9.47 Å². The molecule has 4 rings (SSSR count). The van der Waals surface area contributed by atoms with Crippen molar-refractivity contribution in [1.29, 1.82) is 0 Å². The number of carbonyl (C=O) groups is 1. The lowest BCUT2D eigenvalue weighted by atomic mass is 9.79. The van der Waals surface area contributed by atoms with Crippen LogP contribution in [-0.2, 0) is 20.8 Å². The van der Waals surface area contributed by atoms with Crippen LogP contribution in [-0.4, -0.2) is 46.6 Å². The number of hydrogen-bond acceptors (Lipinski definition) is 7. The van der Waals surface area contributed by atoms with E-state index in [1.165, 1.54) is 26.4 Å². The van der Waals surface area contributed by atoms with Crippen molar-refractivity contribution in [2.45, 2.75) is 46.5 Å². The lowest BCUT2D eigenvalue weighted by Gasteiger charge is -2.32. The number of esters is 1. The minimum atomic E-state index is -0.472. The van der Waals surface area contributed by atoms with Gasteiger partial charge in [-0.05, 0) is 76.3 Å². The maximum absolute atomic E-state index is 14.6. The molecule has 2 atom stereocenters. The summed E-state index contributed by atoms with van der Waals surface area (Å²) < 4.78 is 56.0. The van der Waals surface area contributed by atoms with Gasteiger partial charge in [-0.25, -0.2) is 13.6 Å². The van der Waals surface area contributed by atoms with Gasteiger partial charge in [0.15, 0.2) is 0 Å². The van der Waals surface area contributed by atoms with E-state index in [9.17, 15) is 18.7 Å². The molecule has 1 N–H and O–H groups in total. The maximum Gasteiger partial charge on any atom is 0.337 e.